The van der Waals surface area contributed by atoms with Crippen molar-refractivity contribution in [2.45, 2.75) is 37.5 Å². The lowest BCUT2D eigenvalue weighted by atomic mass is 10.1. The van der Waals surface area contributed by atoms with Crippen LogP contribution in [0.2, 0.25) is 0 Å². The molecule has 0 bridgehead atoms. The van der Waals surface area contributed by atoms with Gasteiger partial charge in [-0.3, -0.25) is 13.8 Å². The van der Waals surface area contributed by atoms with E-state index in [9.17, 15) is 21.6 Å². The van der Waals surface area contributed by atoms with E-state index < -0.39 is 32.5 Å². The molecule has 0 aliphatic heterocycles. The largest absolute Gasteiger partial charge is 0.325 e. The number of nitrogens with zero attached hydrogens (tertiary/aromatic N) is 1. The topological polar surface area (TPSA) is 113 Å². The second-order valence-electron chi connectivity index (χ2n) is 9.56. The van der Waals surface area contributed by atoms with Crippen molar-refractivity contribution in [2.24, 2.45) is 0 Å². The zero-order chi connectivity index (χ0) is 29.1. The Balaban J connectivity index is 1.56. The zero-order valence-corrected chi connectivity index (χ0v) is 24.3. The van der Waals surface area contributed by atoms with Crippen molar-refractivity contribution in [3.05, 3.63) is 113 Å². The summed E-state index contributed by atoms with van der Waals surface area (Å²) in [6, 6.07) is 24.4. The predicted octanol–water partition coefficient (Wildman–Crippen LogP) is 5.56. The monoisotopic (exact) mass is 577 g/mol. The van der Waals surface area contributed by atoms with E-state index in [2.05, 4.69) is 10.0 Å². The Morgan fingerprint density at radius 1 is 0.700 bits per heavy atom. The number of anilines is 3. The molecule has 0 heterocycles. The number of hydrogen-bond acceptors (Lipinski definition) is 5. The van der Waals surface area contributed by atoms with Crippen LogP contribution in [0.25, 0.3) is 0 Å². The minimum absolute atomic E-state index is 0.0247. The molecular weight excluding hydrogens is 546 g/mol. The standard InChI is InChI=1S/C30H31N3O5S2/c1-21-13-18-28(24(4)19-21)33(40(37,38)27-11-6-5-7-12-27)20-29(34)31-25-14-16-26(17-15-25)39(35,36)32-30-22(2)9-8-10-23(30)3/h5-19,32H,20H2,1-4H3,(H,31,34). The molecule has 0 spiro atoms. The first-order valence-corrected chi connectivity index (χ1v) is 15.4. The predicted molar refractivity (Wildman–Crippen MR) is 159 cm³/mol. The van der Waals surface area contributed by atoms with Crippen LogP contribution in [0.4, 0.5) is 17.1 Å². The normalized spacial score (nSPS) is 11.6. The number of aryl methyl sites for hydroxylation is 4. The molecule has 4 aromatic carbocycles. The van der Waals surface area contributed by atoms with Crippen molar-refractivity contribution in [3.8, 4) is 0 Å². The molecular formula is C30H31N3O5S2. The van der Waals surface area contributed by atoms with Gasteiger partial charge in [0.2, 0.25) is 5.91 Å². The first-order chi connectivity index (χ1) is 18.9. The first-order valence-electron chi connectivity index (χ1n) is 12.5. The van der Waals surface area contributed by atoms with Crippen molar-refractivity contribution >= 4 is 43.0 Å². The lowest BCUT2D eigenvalue weighted by Crippen LogP contribution is -2.38. The van der Waals surface area contributed by atoms with Gasteiger partial charge >= 0.3 is 0 Å². The number of hydrogen-bond donors (Lipinski definition) is 2. The number of amides is 1. The number of rotatable bonds is 9. The lowest BCUT2D eigenvalue weighted by Gasteiger charge is -2.26. The summed E-state index contributed by atoms with van der Waals surface area (Å²) in [4.78, 5) is 13.2. The smallest absolute Gasteiger partial charge is 0.264 e. The molecule has 0 aliphatic rings. The Morgan fingerprint density at radius 3 is 1.93 bits per heavy atom. The summed E-state index contributed by atoms with van der Waals surface area (Å²) < 4.78 is 56.8. The van der Waals surface area contributed by atoms with Gasteiger partial charge < -0.3 is 5.32 Å². The van der Waals surface area contributed by atoms with Gasteiger partial charge in [-0.25, -0.2) is 16.8 Å². The van der Waals surface area contributed by atoms with Crippen molar-refractivity contribution in [2.75, 3.05) is 20.9 Å². The number of benzene rings is 4. The maximum Gasteiger partial charge on any atom is 0.264 e. The molecule has 4 rings (SSSR count). The van der Waals surface area contributed by atoms with E-state index in [4.69, 9.17) is 0 Å². The van der Waals surface area contributed by atoms with E-state index in [1.54, 1.807) is 37.3 Å². The highest BCUT2D eigenvalue weighted by molar-refractivity contribution is 7.93. The van der Waals surface area contributed by atoms with E-state index in [-0.39, 0.29) is 9.79 Å². The van der Waals surface area contributed by atoms with Crippen molar-refractivity contribution in [1.29, 1.82) is 0 Å². The van der Waals surface area contributed by atoms with Crippen LogP contribution in [-0.2, 0) is 24.8 Å². The Bertz CT molecular complexity index is 1730. The highest BCUT2D eigenvalue weighted by Gasteiger charge is 2.28. The highest BCUT2D eigenvalue weighted by Crippen LogP contribution is 2.28. The van der Waals surface area contributed by atoms with Crippen molar-refractivity contribution in [3.63, 3.8) is 0 Å². The molecule has 0 saturated heterocycles. The van der Waals surface area contributed by atoms with E-state index >= 15 is 0 Å². The summed E-state index contributed by atoms with van der Waals surface area (Å²) in [5.74, 6) is -0.580. The average Bonchev–Trinajstić information content (AvgIpc) is 2.91. The number of para-hydroxylation sites is 1. The summed E-state index contributed by atoms with van der Waals surface area (Å²) in [7, 11) is -7.92. The van der Waals surface area contributed by atoms with Gasteiger partial charge in [-0.2, -0.15) is 0 Å². The van der Waals surface area contributed by atoms with E-state index in [1.807, 2.05) is 45.0 Å². The molecule has 0 unspecified atom stereocenters. The van der Waals surface area contributed by atoms with Gasteiger partial charge in [0, 0.05) is 5.69 Å². The maximum absolute atomic E-state index is 13.6. The molecule has 1 amide bonds. The molecule has 40 heavy (non-hydrogen) atoms. The van der Waals surface area contributed by atoms with E-state index in [1.165, 1.54) is 36.4 Å². The fourth-order valence-corrected chi connectivity index (χ4v) is 7.03. The first kappa shape index (κ1) is 28.8. The third-order valence-corrected chi connectivity index (χ3v) is 9.54. The van der Waals surface area contributed by atoms with Crippen LogP contribution in [0, 0.1) is 27.7 Å². The van der Waals surface area contributed by atoms with Crippen LogP contribution in [0.1, 0.15) is 22.3 Å². The minimum atomic E-state index is -4.05. The summed E-state index contributed by atoms with van der Waals surface area (Å²) in [5.41, 5.74) is 4.50. The quantitative estimate of drug-likeness (QED) is 0.271. The average molecular weight is 578 g/mol. The maximum atomic E-state index is 13.6. The Morgan fingerprint density at radius 2 is 1.32 bits per heavy atom. The van der Waals surface area contributed by atoms with Crippen LogP contribution < -0.4 is 14.3 Å². The molecule has 4 aromatic rings. The third-order valence-electron chi connectivity index (χ3n) is 6.41. The Kier molecular flexibility index (Phi) is 8.32. The van der Waals surface area contributed by atoms with E-state index in [0.717, 1.165) is 21.0 Å². The van der Waals surface area contributed by atoms with Crippen molar-refractivity contribution in [1.82, 2.24) is 0 Å². The van der Waals surface area contributed by atoms with Gasteiger partial charge in [-0.15, -0.1) is 0 Å². The zero-order valence-electron chi connectivity index (χ0n) is 22.7. The third kappa shape index (κ3) is 6.35. The molecule has 0 atom stereocenters. The second kappa shape index (κ2) is 11.5. The SMILES string of the molecule is Cc1ccc(N(CC(=O)Nc2ccc(S(=O)(=O)Nc3c(C)cccc3C)cc2)S(=O)(=O)c2ccccc2)c(C)c1. The van der Waals surface area contributed by atoms with Gasteiger partial charge in [-0.1, -0.05) is 54.1 Å². The lowest BCUT2D eigenvalue weighted by molar-refractivity contribution is -0.114. The van der Waals surface area contributed by atoms with Gasteiger partial charge in [0.15, 0.2) is 0 Å². The van der Waals surface area contributed by atoms with Crippen LogP contribution in [0.5, 0.6) is 0 Å². The van der Waals surface area contributed by atoms with Gasteiger partial charge in [-0.05, 0) is 86.8 Å². The van der Waals surface area contributed by atoms with Crippen LogP contribution in [0.15, 0.2) is 101 Å². The molecule has 0 aliphatic carbocycles. The van der Waals surface area contributed by atoms with Crippen LogP contribution >= 0.6 is 0 Å². The summed E-state index contributed by atoms with van der Waals surface area (Å²) in [6.45, 7) is 6.86. The second-order valence-corrected chi connectivity index (χ2v) is 13.1. The molecule has 0 radical (unpaired) electrons. The summed E-state index contributed by atoms with van der Waals surface area (Å²) >= 11 is 0. The number of carbonyl (C=O) groups excluding carboxylic acids is 1. The molecule has 10 heteroatoms. The fraction of sp³-hybridized carbons (Fsp3) is 0.167. The van der Waals surface area contributed by atoms with Gasteiger partial charge in [0.1, 0.15) is 6.54 Å². The molecule has 0 fully saturated rings. The fourth-order valence-electron chi connectivity index (χ4n) is 4.32. The number of carbonyl (C=O) groups is 1. The van der Waals surface area contributed by atoms with Crippen LogP contribution in [0.3, 0.4) is 0 Å². The molecule has 0 aromatic heterocycles. The Labute approximate surface area is 235 Å². The molecule has 208 valence electrons. The van der Waals surface area contributed by atoms with Crippen molar-refractivity contribution < 1.29 is 21.6 Å². The highest BCUT2D eigenvalue weighted by atomic mass is 32.2. The molecule has 2 N–H and O–H groups in total. The molecule has 8 nitrogen and oxygen atoms in total. The summed E-state index contributed by atoms with van der Waals surface area (Å²) in [5, 5.41) is 2.68. The number of sulfonamides is 2. The number of nitrogens with one attached hydrogen (secondary N) is 2. The molecule has 0 saturated carbocycles. The summed E-state index contributed by atoms with van der Waals surface area (Å²) in [6.07, 6.45) is 0. The van der Waals surface area contributed by atoms with E-state index in [0.29, 0.717) is 22.6 Å². The van der Waals surface area contributed by atoms with Gasteiger partial charge in [0.05, 0.1) is 21.2 Å². The van der Waals surface area contributed by atoms with Crippen LogP contribution in [-0.4, -0.2) is 29.3 Å². The van der Waals surface area contributed by atoms with Gasteiger partial charge in [0.25, 0.3) is 20.0 Å². The Hall–Kier alpha value is -4.15. The minimum Gasteiger partial charge on any atom is -0.325 e.